The van der Waals surface area contributed by atoms with E-state index in [9.17, 15) is 0 Å². The number of fused-ring (bicyclic) bond motifs is 1. The fourth-order valence-electron chi connectivity index (χ4n) is 6.60. The molecule has 0 aliphatic carbocycles. The van der Waals surface area contributed by atoms with Crippen LogP contribution in [-0.2, 0) is 41.6 Å². The van der Waals surface area contributed by atoms with E-state index in [0.717, 1.165) is 70.7 Å². The van der Waals surface area contributed by atoms with Crippen molar-refractivity contribution in [3.05, 3.63) is 41.7 Å². The number of benzene rings is 1. The molecule has 13 heteroatoms. The molecule has 12 nitrogen and oxygen atoms in total. The van der Waals surface area contributed by atoms with Gasteiger partial charge in [0.2, 0.25) is 0 Å². The molecule has 53 heavy (non-hydrogen) atoms. The summed E-state index contributed by atoms with van der Waals surface area (Å²) in [7, 11) is 1.23. The third kappa shape index (κ3) is 10.8. The summed E-state index contributed by atoms with van der Waals surface area (Å²) >= 11 is 0. The van der Waals surface area contributed by atoms with Crippen LogP contribution in [0.3, 0.4) is 0 Å². The van der Waals surface area contributed by atoms with Crippen LogP contribution in [0.15, 0.2) is 30.5 Å². The molecule has 1 aromatic carbocycles. The first kappa shape index (κ1) is 44.8. The topological polar surface area (TPSA) is 127 Å². The van der Waals surface area contributed by atoms with Crippen molar-refractivity contribution in [2.24, 2.45) is 11.3 Å². The Labute approximate surface area is 319 Å². The Kier molecular flexibility index (Phi) is 16.8. The Morgan fingerprint density at radius 1 is 1.02 bits per heavy atom. The van der Waals surface area contributed by atoms with Gasteiger partial charge in [0.15, 0.2) is 0 Å². The highest BCUT2D eigenvalue weighted by Crippen LogP contribution is 2.42. The van der Waals surface area contributed by atoms with E-state index in [4.69, 9.17) is 39.5 Å². The zero-order chi connectivity index (χ0) is 39.6. The first-order valence-electron chi connectivity index (χ1n) is 19.5. The van der Waals surface area contributed by atoms with Crippen molar-refractivity contribution in [1.29, 1.82) is 0 Å². The van der Waals surface area contributed by atoms with Crippen LogP contribution in [0.4, 0.5) is 5.69 Å². The number of pyridine rings is 1. The molecule has 2 aliphatic heterocycles. The molecule has 2 aromatic heterocycles. The minimum absolute atomic E-state index is 0.105. The molecule has 4 N–H and O–H groups in total. The third-order valence-corrected chi connectivity index (χ3v) is 10.1. The second-order valence-electron chi connectivity index (χ2n) is 15.3. The van der Waals surface area contributed by atoms with Crippen LogP contribution in [0, 0.1) is 5.41 Å². The minimum atomic E-state index is -0.500. The van der Waals surface area contributed by atoms with Crippen LogP contribution in [0.5, 0.6) is 0 Å². The number of aromatic nitrogens is 2. The number of nitrogens with one attached hydrogen (secondary N) is 2. The second-order valence-corrected chi connectivity index (χ2v) is 15.3. The summed E-state index contributed by atoms with van der Waals surface area (Å²) in [5, 5.41) is 4.58. The molecule has 1 atom stereocenters. The predicted molar refractivity (Wildman–Crippen MR) is 217 cm³/mol. The summed E-state index contributed by atoms with van der Waals surface area (Å²) in [5.41, 5.74) is 8.18. The maximum Gasteiger partial charge on any atom is 0.494 e. The van der Waals surface area contributed by atoms with Crippen molar-refractivity contribution >= 4 is 29.2 Å². The number of piperazine rings is 1. The lowest BCUT2D eigenvalue weighted by Crippen LogP contribution is -2.43. The molecule has 0 bridgehead atoms. The summed E-state index contributed by atoms with van der Waals surface area (Å²) in [6.45, 7) is 32.0. The Hall–Kier alpha value is -2.59. The lowest BCUT2D eigenvalue weighted by Gasteiger charge is -2.32. The van der Waals surface area contributed by atoms with E-state index >= 15 is 0 Å². The van der Waals surface area contributed by atoms with Gasteiger partial charge in [-0.15, -0.1) is 10.6 Å². The van der Waals surface area contributed by atoms with Crippen LogP contribution in [0.25, 0.3) is 22.2 Å². The number of hydrogen-bond donors (Lipinski definition) is 3. The molecule has 298 valence electrons. The maximum atomic E-state index is 6.52. The van der Waals surface area contributed by atoms with Gasteiger partial charge in [0.25, 0.3) is 0 Å². The molecule has 4 heterocycles. The van der Waals surface area contributed by atoms with Crippen molar-refractivity contribution in [3.63, 3.8) is 0 Å². The Morgan fingerprint density at radius 2 is 1.66 bits per heavy atom. The molecule has 0 amide bonds. The Morgan fingerprint density at radius 3 is 2.25 bits per heavy atom. The van der Waals surface area contributed by atoms with Gasteiger partial charge in [-0.3, -0.25) is 4.98 Å². The van der Waals surface area contributed by atoms with Gasteiger partial charge in [0.1, 0.15) is 0 Å². The van der Waals surface area contributed by atoms with Crippen LogP contribution in [0.1, 0.15) is 107 Å². The summed E-state index contributed by atoms with van der Waals surface area (Å²) in [6.07, 6.45) is 2.52. The van der Waals surface area contributed by atoms with E-state index in [1.165, 1.54) is 0 Å². The normalized spacial score (nSPS) is 17.4. The average Bonchev–Trinajstić information content (AvgIpc) is 3.56. The number of rotatable bonds is 15. The van der Waals surface area contributed by atoms with Gasteiger partial charge < -0.3 is 33.6 Å². The highest BCUT2D eigenvalue weighted by atomic mass is 17.3. The SMILES string of the molecule is CC.CC.COC(C)c1ncc(N2CCNCC2)cc1-c1c(CC(C)(C)COONN)c2cc(B3OC(C)(C)C(C)(C)O3)ccc2n1CCOC(C)C. The van der Waals surface area contributed by atoms with Gasteiger partial charge in [0, 0.05) is 56.3 Å². The van der Waals surface area contributed by atoms with E-state index in [1.807, 2.05) is 33.9 Å². The molecule has 0 radical (unpaired) electrons. The highest BCUT2D eigenvalue weighted by Gasteiger charge is 2.51. The molecule has 1 unspecified atom stereocenters. The number of methoxy groups -OCH3 is 1. The highest BCUT2D eigenvalue weighted by molar-refractivity contribution is 6.62. The van der Waals surface area contributed by atoms with Crippen LogP contribution >= 0.6 is 0 Å². The van der Waals surface area contributed by atoms with Crippen molar-refractivity contribution in [1.82, 2.24) is 20.5 Å². The quantitative estimate of drug-likeness (QED) is 0.0521. The predicted octanol–water partition coefficient (Wildman–Crippen LogP) is 6.49. The second kappa shape index (κ2) is 19.8. The molecular formula is C40H69BN6O6. The zero-order valence-electron chi connectivity index (χ0n) is 35.1. The van der Waals surface area contributed by atoms with Gasteiger partial charge in [0.05, 0.1) is 59.9 Å². The molecule has 5 rings (SSSR count). The van der Waals surface area contributed by atoms with Gasteiger partial charge in [-0.2, -0.15) is 0 Å². The van der Waals surface area contributed by atoms with Crippen LogP contribution in [0.2, 0.25) is 0 Å². The van der Waals surface area contributed by atoms with E-state index in [-0.39, 0.29) is 17.6 Å². The van der Waals surface area contributed by atoms with Crippen molar-refractivity contribution in [3.8, 4) is 11.3 Å². The van der Waals surface area contributed by atoms with Gasteiger partial charge in [-0.05, 0) is 83.5 Å². The summed E-state index contributed by atoms with van der Waals surface area (Å²) in [6, 6.07) is 8.84. The molecule has 3 aromatic rings. The minimum Gasteiger partial charge on any atom is -0.399 e. The number of hydrogen-bond acceptors (Lipinski definition) is 11. The van der Waals surface area contributed by atoms with E-state index in [0.29, 0.717) is 26.2 Å². The fraction of sp³-hybridized carbons (Fsp3) is 0.675. The van der Waals surface area contributed by atoms with Gasteiger partial charge in [-0.1, -0.05) is 53.7 Å². The monoisotopic (exact) mass is 741 g/mol. The molecule has 2 saturated heterocycles. The van der Waals surface area contributed by atoms with Gasteiger partial charge in [-0.25, -0.2) is 10.7 Å². The Bertz CT molecular complexity index is 1560. The van der Waals surface area contributed by atoms with Crippen molar-refractivity contribution in [2.45, 2.75) is 126 Å². The Balaban J connectivity index is 0.00000183. The number of nitrogens with two attached hydrogens (primary N) is 1. The largest absolute Gasteiger partial charge is 0.494 e. The molecule has 0 spiro atoms. The molecule has 0 saturated carbocycles. The summed E-state index contributed by atoms with van der Waals surface area (Å²) < 4.78 is 27.5. The zero-order valence-corrected chi connectivity index (χ0v) is 35.1. The third-order valence-electron chi connectivity index (χ3n) is 10.1. The summed E-state index contributed by atoms with van der Waals surface area (Å²) in [5.74, 6) is 5.34. The first-order chi connectivity index (χ1) is 25.2. The maximum absolute atomic E-state index is 6.52. The summed E-state index contributed by atoms with van der Waals surface area (Å²) in [4.78, 5) is 17.8. The number of ether oxygens (including phenoxy) is 2. The van der Waals surface area contributed by atoms with E-state index in [2.05, 4.69) is 107 Å². The van der Waals surface area contributed by atoms with Crippen molar-refractivity contribution < 1.29 is 28.7 Å². The lowest BCUT2D eigenvalue weighted by molar-refractivity contribution is -0.348. The fourth-order valence-corrected chi connectivity index (χ4v) is 6.60. The van der Waals surface area contributed by atoms with Crippen molar-refractivity contribution in [2.75, 3.05) is 51.4 Å². The molecule has 2 aliphatic rings. The lowest BCUT2D eigenvalue weighted by atomic mass is 9.77. The van der Waals surface area contributed by atoms with Crippen LogP contribution in [-0.4, -0.2) is 80.5 Å². The van der Waals surface area contributed by atoms with E-state index < -0.39 is 18.3 Å². The smallest absolute Gasteiger partial charge is 0.399 e. The standard InChI is InChI=1S/C36H57BN6O6.2C2H6/c1-24(2)45-18-17-43-31-12-11-26(37-47-35(6,7)36(8,9)48-37)19-28(31)30(21-34(4,5)23-46-49-41-38)33(43)29-20-27(42-15-13-39-14-16-42)22-40-32(29)25(3)44-10;2*1-2/h11-12,19-20,22,24-25,39,41H,13-18,21,23,38H2,1-10H3;2*1-2H3. The molecular weight excluding hydrogens is 671 g/mol. The average molecular weight is 741 g/mol. The number of nitrogens with zero attached hydrogens (tertiary/aromatic N) is 3. The van der Waals surface area contributed by atoms with E-state index in [1.54, 1.807) is 7.11 Å². The molecule has 2 fully saturated rings. The number of anilines is 1. The van der Waals surface area contributed by atoms with Crippen LogP contribution < -0.4 is 27.1 Å². The first-order valence-corrected chi connectivity index (χ1v) is 19.5. The van der Waals surface area contributed by atoms with Gasteiger partial charge >= 0.3 is 7.12 Å². The number of hydrazine groups is 1.